The lowest BCUT2D eigenvalue weighted by Crippen LogP contribution is -2.18. The van der Waals surface area contributed by atoms with Crippen LogP contribution in [0.25, 0.3) is 0 Å². The molecular formula is C10H15FN2O. The number of likely N-dealkylation sites (tertiary alicyclic amines) is 1. The molecule has 2 rings (SSSR count). The molecule has 78 valence electrons. The first-order valence-corrected chi connectivity index (χ1v) is 4.90. The first kappa shape index (κ1) is 9.65. The molecule has 0 saturated carbocycles. The van der Waals surface area contributed by atoms with Crippen LogP contribution in [0, 0.1) is 12.8 Å². The van der Waals surface area contributed by atoms with Crippen molar-refractivity contribution in [3.05, 3.63) is 17.5 Å². The second kappa shape index (κ2) is 3.69. The Kier molecular flexibility index (Phi) is 2.54. The summed E-state index contributed by atoms with van der Waals surface area (Å²) >= 11 is 0. The maximum absolute atomic E-state index is 12.5. The van der Waals surface area contributed by atoms with Crippen molar-refractivity contribution in [3.63, 3.8) is 0 Å². The van der Waals surface area contributed by atoms with E-state index >= 15 is 0 Å². The van der Waals surface area contributed by atoms with Crippen LogP contribution in [0.1, 0.15) is 23.9 Å². The van der Waals surface area contributed by atoms with Gasteiger partial charge in [-0.1, -0.05) is 5.16 Å². The van der Waals surface area contributed by atoms with Crippen LogP contribution in [-0.2, 0) is 0 Å². The molecule has 0 bridgehead atoms. The maximum atomic E-state index is 12.5. The molecule has 1 aliphatic heterocycles. The van der Waals surface area contributed by atoms with E-state index in [-0.39, 0.29) is 18.6 Å². The monoisotopic (exact) mass is 198 g/mol. The van der Waals surface area contributed by atoms with E-state index in [0.29, 0.717) is 0 Å². The highest BCUT2D eigenvalue weighted by molar-refractivity contribution is 5.09. The Bertz CT molecular complexity index is 313. The van der Waals surface area contributed by atoms with Gasteiger partial charge in [-0.3, -0.25) is 9.29 Å². The van der Waals surface area contributed by atoms with E-state index < -0.39 is 0 Å². The van der Waals surface area contributed by atoms with Crippen LogP contribution in [0.15, 0.2) is 10.6 Å². The average molecular weight is 198 g/mol. The van der Waals surface area contributed by atoms with Gasteiger partial charge in [-0.15, -0.1) is 0 Å². The molecule has 0 N–H and O–H groups in total. The largest absolute Gasteiger partial charge is 0.359 e. The number of rotatable bonds is 2. The zero-order valence-electron chi connectivity index (χ0n) is 8.53. The lowest BCUT2D eigenvalue weighted by Gasteiger charge is -2.15. The summed E-state index contributed by atoms with van der Waals surface area (Å²) in [6, 6.07) is 2.14. The summed E-state index contributed by atoms with van der Waals surface area (Å²) in [6.07, 6.45) is 0.835. The van der Waals surface area contributed by atoms with Crippen molar-refractivity contribution in [3.8, 4) is 0 Å². The topological polar surface area (TPSA) is 29.3 Å². The first-order chi connectivity index (χ1) is 6.70. The van der Waals surface area contributed by atoms with Gasteiger partial charge in [0, 0.05) is 18.5 Å². The fourth-order valence-electron chi connectivity index (χ4n) is 2.09. The quantitative estimate of drug-likeness (QED) is 0.727. The molecule has 1 aromatic rings. The molecule has 0 unspecified atom stereocenters. The molecule has 1 saturated heterocycles. The van der Waals surface area contributed by atoms with Crippen LogP contribution in [0.2, 0.25) is 0 Å². The van der Waals surface area contributed by atoms with Gasteiger partial charge in [0.1, 0.15) is 0 Å². The molecule has 1 aliphatic rings. The molecule has 2 heterocycles. The van der Waals surface area contributed by atoms with Crippen LogP contribution in [0.4, 0.5) is 4.39 Å². The molecule has 0 aliphatic carbocycles. The van der Waals surface area contributed by atoms with E-state index in [1.807, 2.05) is 20.0 Å². The van der Waals surface area contributed by atoms with E-state index in [4.69, 9.17) is 4.52 Å². The maximum Gasteiger partial charge on any atom is 0.154 e. The predicted molar refractivity (Wildman–Crippen MR) is 50.7 cm³/mol. The van der Waals surface area contributed by atoms with Gasteiger partial charge in [-0.05, 0) is 20.4 Å². The molecule has 1 aromatic heterocycles. The minimum Gasteiger partial charge on any atom is -0.359 e. The Balaban J connectivity index is 2.12. The van der Waals surface area contributed by atoms with Crippen molar-refractivity contribution in [2.75, 3.05) is 20.3 Å². The van der Waals surface area contributed by atoms with E-state index in [9.17, 15) is 4.39 Å². The summed E-state index contributed by atoms with van der Waals surface area (Å²) in [6.45, 7) is 2.46. The predicted octanol–water partition coefficient (Wildman–Crippen LogP) is 1.95. The van der Waals surface area contributed by atoms with Crippen molar-refractivity contribution < 1.29 is 8.91 Å². The highest BCUT2D eigenvalue weighted by Gasteiger charge is 2.32. The van der Waals surface area contributed by atoms with E-state index in [0.717, 1.165) is 24.4 Å². The standard InChI is InChI=1S/C10H15FN2O/c1-7-3-10(14-12-7)9-4-8(5-11)6-13(9)2/h3,8-9H,4-6H2,1-2H3/t8-,9-/m1/s1. The van der Waals surface area contributed by atoms with Crippen molar-refractivity contribution in [2.24, 2.45) is 5.92 Å². The van der Waals surface area contributed by atoms with Gasteiger partial charge < -0.3 is 4.52 Å². The van der Waals surface area contributed by atoms with Crippen LogP contribution in [0.5, 0.6) is 0 Å². The number of halogens is 1. The number of hydrogen-bond donors (Lipinski definition) is 0. The summed E-state index contributed by atoms with van der Waals surface area (Å²) in [5.74, 6) is 1.01. The first-order valence-electron chi connectivity index (χ1n) is 4.90. The lowest BCUT2D eigenvalue weighted by molar-refractivity contribution is 0.250. The van der Waals surface area contributed by atoms with Gasteiger partial charge in [-0.2, -0.15) is 0 Å². The van der Waals surface area contributed by atoms with Crippen molar-refractivity contribution in [2.45, 2.75) is 19.4 Å². The summed E-state index contributed by atoms with van der Waals surface area (Å²) < 4.78 is 17.7. The molecule has 14 heavy (non-hydrogen) atoms. The van der Waals surface area contributed by atoms with Crippen molar-refractivity contribution in [1.29, 1.82) is 0 Å². The minimum absolute atomic E-state index is 0.149. The van der Waals surface area contributed by atoms with Crippen molar-refractivity contribution >= 4 is 0 Å². The number of hydrogen-bond acceptors (Lipinski definition) is 3. The smallest absolute Gasteiger partial charge is 0.154 e. The Morgan fingerprint density at radius 2 is 2.50 bits per heavy atom. The van der Waals surface area contributed by atoms with Crippen LogP contribution >= 0.6 is 0 Å². The molecule has 1 fully saturated rings. The molecular weight excluding hydrogens is 183 g/mol. The summed E-state index contributed by atoms with van der Waals surface area (Å²) in [4.78, 5) is 2.13. The fraction of sp³-hybridized carbons (Fsp3) is 0.700. The summed E-state index contributed by atoms with van der Waals surface area (Å²) in [5, 5.41) is 3.85. The van der Waals surface area contributed by atoms with Crippen LogP contribution < -0.4 is 0 Å². The molecule has 2 atom stereocenters. The van der Waals surface area contributed by atoms with E-state index in [2.05, 4.69) is 10.1 Å². The van der Waals surface area contributed by atoms with Crippen LogP contribution in [-0.4, -0.2) is 30.3 Å². The third-order valence-electron chi connectivity index (χ3n) is 2.83. The van der Waals surface area contributed by atoms with Gasteiger partial charge >= 0.3 is 0 Å². The van der Waals surface area contributed by atoms with Gasteiger partial charge in [0.25, 0.3) is 0 Å². The third-order valence-corrected chi connectivity index (χ3v) is 2.83. The zero-order valence-corrected chi connectivity index (χ0v) is 8.53. The second-order valence-electron chi connectivity index (χ2n) is 4.08. The molecule has 0 radical (unpaired) electrons. The Labute approximate surface area is 82.9 Å². The Morgan fingerprint density at radius 1 is 1.71 bits per heavy atom. The van der Waals surface area contributed by atoms with Gasteiger partial charge in [-0.25, -0.2) is 0 Å². The van der Waals surface area contributed by atoms with Gasteiger partial charge in [0.15, 0.2) is 5.76 Å². The molecule has 0 amide bonds. The van der Waals surface area contributed by atoms with E-state index in [1.54, 1.807) is 0 Å². The Hall–Kier alpha value is -0.900. The highest BCUT2D eigenvalue weighted by atomic mass is 19.1. The molecule has 0 aromatic carbocycles. The number of nitrogens with zero attached hydrogens (tertiary/aromatic N) is 2. The number of aryl methyl sites for hydroxylation is 1. The molecule has 4 heteroatoms. The fourth-order valence-corrected chi connectivity index (χ4v) is 2.09. The van der Waals surface area contributed by atoms with Gasteiger partial charge in [0.2, 0.25) is 0 Å². The zero-order chi connectivity index (χ0) is 10.1. The van der Waals surface area contributed by atoms with Crippen LogP contribution in [0.3, 0.4) is 0 Å². The van der Waals surface area contributed by atoms with E-state index in [1.165, 1.54) is 0 Å². The van der Waals surface area contributed by atoms with Gasteiger partial charge in [0.05, 0.1) is 18.4 Å². The number of alkyl halides is 1. The highest BCUT2D eigenvalue weighted by Crippen LogP contribution is 2.34. The Morgan fingerprint density at radius 3 is 3.00 bits per heavy atom. The normalized spacial score (nSPS) is 28.5. The molecule has 3 nitrogen and oxygen atoms in total. The summed E-state index contributed by atoms with van der Waals surface area (Å²) in [7, 11) is 2.00. The third kappa shape index (κ3) is 1.66. The number of aromatic nitrogens is 1. The average Bonchev–Trinajstić information content (AvgIpc) is 2.71. The van der Waals surface area contributed by atoms with Crippen molar-refractivity contribution in [1.82, 2.24) is 10.1 Å². The minimum atomic E-state index is -0.242. The lowest BCUT2D eigenvalue weighted by atomic mass is 10.1. The molecule has 0 spiro atoms. The summed E-state index contributed by atoms with van der Waals surface area (Å²) in [5.41, 5.74) is 0.886. The second-order valence-corrected chi connectivity index (χ2v) is 4.08. The SMILES string of the molecule is Cc1cc([C@H]2C[C@H](CF)CN2C)on1.